The topological polar surface area (TPSA) is 50.5 Å². The highest BCUT2D eigenvalue weighted by Crippen LogP contribution is 2.39. The summed E-state index contributed by atoms with van der Waals surface area (Å²) in [5.41, 5.74) is 1.74. The summed E-state index contributed by atoms with van der Waals surface area (Å²) in [4.78, 5) is 20.5. The Morgan fingerprint density at radius 1 is 1.00 bits per heavy atom. The predicted octanol–water partition coefficient (Wildman–Crippen LogP) is 5.68. The zero-order valence-electron chi connectivity index (χ0n) is 16.7. The van der Waals surface area contributed by atoms with E-state index in [0.29, 0.717) is 10.0 Å². The first-order chi connectivity index (χ1) is 14.1. The molecule has 0 N–H and O–H groups in total. The van der Waals surface area contributed by atoms with Crippen molar-refractivity contribution in [3.8, 4) is 0 Å². The Morgan fingerprint density at radius 3 is 2.38 bits per heavy atom. The number of rotatable bonds is 2. The average molecular weight is 433 g/mol. The molecule has 0 aliphatic carbocycles. The van der Waals surface area contributed by atoms with Gasteiger partial charge in [-0.2, -0.15) is 5.10 Å². The summed E-state index contributed by atoms with van der Waals surface area (Å²) in [5.74, 6) is 0.484. The zero-order chi connectivity index (χ0) is 20.4. The smallest absolute Gasteiger partial charge is 0.233 e. The van der Waals surface area contributed by atoms with E-state index in [-0.39, 0.29) is 11.9 Å². The minimum Gasteiger partial charge on any atom is -0.342 e. The van der Waals surface area contributed by atoms with Crippen LogP contribution in [-0.2, 0) is 4.79 Å². The maximum absolute atomic E-state index is 13.8. The maximum Gasteiger partial charge on any atom is 0.233 e. The van der Waals surface area contributed by atoms with Crippen molar-refractivity contribution < 1.29 is 4.79 Å². The second-order valence-electron chi connectivity index (χ2n) is 7.93. The monoisotopic (exact) mass is 432 g/mol. The number of halogens is 2. The van der Waals surface area contributed by atoms with Crippen molar-refractivity contribution >= 4 is 40.6 Å². The first kappa shape index (κ1) is 20.4. The zero-order valence-corrected chi connectivity index (χ0v) is 18.2. The molecule has 2 aliphatic rings. The lowest BCUT2D eigenvalue weighted by Gasteiger charge is -2.35. The third-order valence-electron chi connectivity index (χ3n) is 5.94. The molecule has 1 amide bonds. The number of carbonyl (C=O) groups is 1. The van der Waals surface area contributed by atoms with Gasteiger partial charge in [-0.3, -0.25) is 4.79 Å². The van der Waals surface area contributed by atoms with Gasteiger partial charge in [0.1, 0.15) is 5.92 Å². The number of nitrogens with zero attached hydrogens (tertiary/aromatic N) is 4. The van der Waals surface area contributed by atoms with Crippen LogP contribution in [0.15, 0.2) is 35.5 Å². The minimum absolute atomic E-state index is 0.130. The highest BCUT2D eigenvalue weighted by atomic mass is 35.5. The number of benzene rings is 1. The fourth-order valence-corrected chi connectivity index (χ4v) is 4.72. The van der Waals surface area contributed by atoms with Gasteiger partial charge < -0.3 is 4.90 Å². The Bertz CT molecular complexity index is 913. The van der Waals surface area contributed by atoms with Gasteiger partial charge in [-0.15, -0.1) is 0 Å². The Kier molecular flexibility index (Phi) is 6.26. The Hall–Kier alpha value is -1.85. The van der Waals surface area contributed by atoms with Crippen LogP contribution in [0.25, 0.3) is 0 Å². The van der Waals surface area contributed by atoms with Gasteiger partial charge >= 0.3 is 0 Å². The van der Waals surface area contributed by atoms with Crippen LogP contribution < -0.4 is 0 Å². The van der Waals surface area contributed by atoms with Crippen molar-refractivity contribution in [2.45, 2.75) is 51.5 Å². The molecule has 0 saturated carbocycles. The van der Waals surface area contributed by atoms with Gasteiger partial charge in [0.2, 0.25) is 5.91 Å². The minimum atomic E-state index is -0.402. The van der Waals surface area contributed by atoms with Crippen molar-refractivity contribution in [2.24, 2.45) is 10.9 Å². The summed E-state index contributed by atoms with van der Waals surface area (Å²) in [6, 6.07) is 7.15. The number of fused-ring (bicyclic) bond motifs is 1. The van der Waals surface area contributed by atoms with Gasteiger partial charge in [-0.25, -0.2) is 9.67 Å². The fraction of sp³-hybridized carbons (Fsp3) is 0.500. The molecule has 29 heavy (non-hydrogen) atoms. The largest absolute Gasteiger partial charge is 0.342 e. The molecule has 2 atom stereocenters. The van der Waals surface area contributed by atoms with Crippen LogP contribution in [-0.4, -0.2) is 39.4 Å². The van der Waals surface area contributed by atoms with E-state index in [2.05, 4.69) is 10.1 Å². The summed E-state index contributed by atoms with van der Waals surface area (Å²) in [5, 5.41) is 5.47. The highest BCUT2D eigenvalue weighted by Gasteiger charge is 2.40. The number of aromatic nitrogens is 2. The maximum atomic E-state index is 13.8. The van der Waals surface area contributed by atoms with Crippen LogP contribution in [0.4, 0.5) is 5.82 Å². The van der Waals surface area contributed by atoms with E-state index in [1.54, 1.807) is 12.3 Å². The van der Waals surface area contributed by atoms with Gasteiger partial charge in [-0.1, -0.05) is 55.0 Å². The molecule has 5 nitrogen and oxygen atoms in total. The molecule has 4 rings (SSSR count). The number of carbonyl (C=O) groups excluding carboxylic acids is 1. The van der Waals surface area contributed by atoms with Crippen molar-refractivity contribution in [1.82, 2.24) is 14.7 Å². The standard InChI is InChI=1S/C22H26Cl2N4O/c1-15-20(22(29)27-12-6-4-2-3-5-7-13-27)21(28-19(26-15)10-11-25-28)16-8-9-17(23)18(24)14-16/h8-11,14,20-21H,2-7,12-13H2,1H3. The molecular weight excluding hydrogens is 407 g/mol. The summed E-state index contributed by atoms with van der Waals surface area (Å²) in [7, 11) is 0. The van der Waals surface area contributed by atoms with Crippen molar-refractivity contribution in [3.05, 3.63) is 46.1 Å². The lowest BCUT2D eigenvalue weighted by atomic mass is 9.87. The number of aliphatic imine (C=N–C) groups is 1. The first-order valence-electron chi connectivity index (χ1n) is 10.4. The van der Waals surface area contributed by atoms with Crippen LogP contribution in [0, 0.1) is 5.92 Å². The van der Waals surface area contributed by atoms with E-state index in [0.717, 1.165) is 43.0 Å². The van der Waals surface area contributed by atoms with Crippen molar-refractivity contribution in [2.75, 3.05) is 13.1 Å². The molecule has 2 aromatic rings. The van der Waals surface area contributed by atoms with E-state index in [4.69, 9.17) is 23.2 Å². The summed E-state index contributed by atoms with van der Waals surface area (Å²) in [6.45, 7) is 3.56. The molecule has 3 heterocycles. The number of amides is 1. The SMILES string of the molecule is CC1=Nc2ccnn2C(c2ccc(Cl)c(Cl)c2)C1C(=O)N1CCCCCCCC1. The predicted molar refractivity (Wildman–Crippen MR) is 117 cm³/mol. The molecule has 2 aliphatic heterocycles. The molecular formula is C22H26Cl2N4O. The molecule has 154 valence electrons. The number of hydrogen-bond acceptors (Lipinski definition) is 3. The van der Waals surface area contributed by atoms with Crippen LogP contribution in [0.5, 0.6) is 0 Å². The van der Waals surface area contributed by atoms with Crippen LogP contribution >= 0.6 is 23.2 Å². The summed E-state index contributed by atoms with van der Waals surface area (Å²) < 4.78 is 1.84. The quantitative estimate of drug-likeness (QED) is 0.612. The Balaban J connectivity index is 1.72. The van der Waals surface area contributed by atoms with Crippen LogP contribution in [0.2, 0.25) is 10.0 Å². The van der Waals surface area contributed by atoms with Crippen molar-refractivity contribution in [3.63, 3.8) is 0 Å². The highest BCUT2D eigenvalue weighted by molar-refractivity contribution is 6.42. The van der Waals surface area contributed by atoms with Gasteiger partial charge in [0.05, 0.1) is 22.3 Å². The Morgan fingerprint density at radius 2 is 1.69 bits per heavy atom. The van der Waals surface area contributed by atoms with Crippen LogP contribution in [0.1, 0.15) is 57.1 Å². The molecule has 1 saturated heterocycles. The molecule has 0 bridgehead atoms. The van der Waals surface area contributed by atoms with E-state index < -0.39 is 5.92 Å². The second-order valence-corrected chi connectivity index (χ2v) is 8.74. The van der Waals surface area contributed by atoms with Gasteiger partial charge in [0.25, 0.3) is 0 Å². The molecule has 1 fully saturated rings. The van der Waals surface area contributed by atoms with Crippen LogP contribution in [0.3, 0.4) is 0 Å². The first-order valence-corrected chi connectivity index (χ1v) is 11.1. The van der Waals surface area contributed by atoms with E-state index in [1.807, 2.05) is 34.7 Å². The molecule has 0 spiro atoms. The van der Waals surface area contributed by atoms with Gasteiger partial charge in [-0.05, 0) is 37.5 Å². The lowest BCUT2D eigenvalue weighted by molar-refractivity contribution is -0.134. The normalized spacial score (nSPS) is 22.9. The number of hydrogen-bond donors (Lipinski definition) is 0. The third kappa shape index (κ3) is 4.22. The molecule has 1 aromatic heterocycles. The summed E-state index contributed by atoms with van der Waals surface area (Å²) >= 11 is 12.5. The molecule has 1 aromatic carbocycles. The van der Waals surface area contributed by atoms with E-state index >= 15 is 0 Å². The van der Waals surface area contributed by atoms with E-state index in [9.17, 15) is 4.79 Å². The average Bonchev–Trinajstić information content (AvgIpc) is 3.21. The van der Waals surface area contributed by atoms with Gasteiger partial charge in [0, 0.05) is 24.9 Å². The Labute approximate surface area is 181 Å². The van der Waals surface area contributed by atoms with Gasteiger partial charge in [0.15, 0.2) is 5.82 Å². The fourth-order valence-electron chi connectivity index (χ4n) is 4.42. The van der Waals surface area contributed by atoms with E-state index in [1.165, 1.54) is 25.7 Å². The third-order valence-corrected chi connectivity index (χ3v) is 6.68. The summed E-state index contributed by atoms with van der Waals surface area (Å²) in [6.07, 6.45) is 8.72. The van der Waals surface area contributed by atoms with Crippen molar-refractivity contribution in [1.29, 1.82) is 0 Å². The second kappa shape index (κ2) is 8.88. The molecule has 7 heteroatoms. The lowest BCUT2D eigenvalue weighted by Crippen LogP contribution is -2.45. The molecule has 2 unspecified atom stereocenters. The molecule has 0 radical (unpaired) electrons.